The van der Waals surface area contributed by atoms with Crippen LogP contribution in [0, 0.1) is 5.92 Å². The molecule has 0 aliphatic rings. The van der Waals surface area contributed by atoms with Gasteiger partial charge in [-0.25, -0.2) is 0 Å². The van der Waals surface area contributed by atoms with Crippen LogP contribution in [0.25, 0.3) is 0 Å². The van der Waals surface area contributed by atoms with Crippen molar-refractivity contribution in [3.8, 4) is 0 Å². The smallest absolute Gasteiger partial charge is 0.324 e. The molecule has 1 unspecified atom stereocenters. The molecule has 0 heterocycles. The highest BCUT2D eigenvalue weighted by molar-refractivity contribution is 5.95. The van der Waals surface area contributed by atoms with E-state index in [9.17, 15) is 14.7 Å². The number of nitrogens with two attached hydrogens (primary N) is 1. The molecule has 0 aromatic heterocycles. The molecule has 6 heteroatoms. The first-order valence-corrected chi connectivity index (χ1v) is 7.42. The van der Waals surface area contributed by atoms with Crippen LogP contribution in [0.5, 0.6) is 0 Å². The Hall–Kier alpha value is -2.70. The third-order valence-electron chi connectivity index (χ3n) is 3.30. The third-order valence-corrected chi connectivity index (χ3v) is 3.30. The van der Waals surface area contributed by atoms with Gasteiger partial charge in [0.25, 0.3) is 0 Å². The standard InChI is InChI=1S/C18H19NO5/c19-16(20)15(17(21)23-11-13-7-3-1-4-8-13)18(22)24-12-14-9-5-2-6-10-14/h1-10,15-16,20H,11-12,19H2. The number of hydrogen-bond acceptors (Lipinski definition) is 6. The highest BCUT2D eigenvalue weighted by Crippen LogP contribution is 2.11. The summed E-state index contributed by atoms with van der Waals surface area (Å²) in [5, 5.41) is 9.52. The van der Waals surface area contributed by atoms with Crippen molar-refractivity contribution >= 4 is 11.9 Å². The van der Waals surface area contributed by atoms with Crippen LogP contribution in [0.15, 0.2) is 60.7 Å². The maximum Gasteiger partial charge on any atom is 0.324 e. The molecule has 0 saturated carbocycles. The van der Waals surface area contributed by atoms with Gasteiger partial charge in [-0.05, 0) is 11.1 Å². The molecule has 24 heavy (non-hydrogen) atoms. The molecule has 0 saturated heterocycles. The lowest BCUT2D eigenvalue weighted by Gasteiger charge is -2.17. The number of ether oxygens (including phenoxy) is 2. The minimum atomic E-state index is -1.70. The fourth-order valence-electron chi connectivity index (χ4n) is 2.01. The number of hydrogen-bond donors (Lipinski definition) is 2. The van der Waals surface area contributed by atoms with E-state index in [2.05, 4.69) is 0 Å². The minimum Gasteiger partial charge on any atom is -0.460 e. The second kappa shape index (κ2) is 8.81. The SMILES string of the molecule is NC(O)C(C(=O)OCc1ccccc1)C(=O)OCc1ccccc1. The van der Waals surface area contributed by atoms with Gasteiger partial charge >= 0.3 is 11.9 Å². The molecule has 6 nitrogen and oxygen atoms in total. The Labute approximate surface area is 139 Å². The van der Waals surface area contributed by atoms with E-state index in [1.807, 2.05) is 12.1 Å². The van der Waals surface area contributed by atoms with Gasteiger partial charge in [0.15, 0.2) is 5.92 Å². The molecule has 2 aromatic rings. The molecular weight excluding hydrogens is 310 g/mol. The molecule has 1 atom stereocenters. The fourth-order valence-corrected chi connectivity index (χ4v) is 2.01. The average molecular weight is 329 g/mol. The summed E-state index contributed by atoms with van der Waals surface area (Å²) >= 11 is 0. The van der Waals surface area contributed by atoms with E-state index in [4.69, 9.17) is 15.2 Å². The number of rotatable bonds is 7. The van der Waals surface area contributed by atoms with E-state index in [0.29, 0.717) is 0 Å². The van der Waals surface area contributed by atoms with E-state index in [1.54, 1.807) is 48.5 Å². The molecule has 0 radical (unpaired) electrons. The zero-order valence-electron chi connectivity index (χ0n) is 13.0. The number of benzene rings is 2. The Bertz CT molecular complexity index is 602. The van der Waals surface area contributed by atoms with Crippen LogP contribution in [0.3, 0.4) is 0 Å². The van der Waals surface area contributed by atoms with Gasteiger partial charge in [-0.1, -0.05) is 60.7 Å². The second-order valence-corrected chi connectivity index (χ2v) is 5.15. The first kappa shape index (κ1) is 17.7. The van der Waals surface area contributed by atoms with Crippen LogP contribution >= 0.6 is 0 Å². The van der Waals surface area contributed by atoms with Gasteiger partial charge < -0.3 is 20.3 Å². The summed E-state index contributed by atoms with van der Waals surface area (Å²) in [7, 11) is 0. The number of carbonyl (C=O) groups is 2. The summed E-state index contributed by atoms with van der Waals surface area (Å²) in [6, 6.07) is 17.9. The molecule has 0 fully saturated rings. The van der Waals surface area contributed by atoms with Gasteiger partial charge in [0.2, 0.25) is 0 Å². The summed E-state index contributed by atoms with van der Waals surface area (Å²) in [6.07, 6.45) is -1.70. The summed E-state index contributed by atoms with van der Waals surface area (Å²) < 4.78 is 10.1. The summed E-state index contributed by atoms with van der Waals surface area (Å²) in [6.45, 7) is -0.0380. The van der Waals surface area contributed by atoms with E-state index in [-0.39, 0.29) is 13.2 Å². The van der Waals surface area contributed by atoms with Crippen LogP contribution in [0.4, 0.5) is 0 Å². The Morgan fingerprint density at radius 2 is 1.21 bits per heavy atom. The van der Waals surface area contributed by atoms with Gasteiger partial charge in [-0.2, -0.15) is 0 Å². The maximum absolute atomic E-state index is 12.0. The van der Waals surface area contributed by atoms with Crippen LogP contribution in [0.1, 0.15) is 11.1 Å². The highest BCUT2D eigenvalue weighted by atomic mass is 16.6. The average Bonchev–Trinajstić information content (AvgIpc) is 2.60. The van der Waals surface area contributed by atoms with Crippen LogP contribution in [0.2, 0.25) is 0 Å². The molecule has 0 spiro atoms. The Balaban J connectivity index is 1.92. The van der Waals surface area contributed by atoms with Crippen molar-refractivity contribution in [3.05, 3.63) is 71.8 Å². The summed E-state index contributed by atoms with van der Waals surface area (Å²) in [5.74, 6) is -3.43. The van der Waals surface area contributed by atoms with Gasteiger partial charge in [0.1, 0.15) is 19.4 Å². The first-order valence-electron chi connectivity index (χ1n) is 7.42. The molecule has 0 amide bonds. The van der Waals surface area contributed by atoms with Crippen molar-refractivity contribution in [2.45, 2.75) is 19.4 Å². The molecule has 0 aliphatic carbocycles. The van der Waals surface area contributed by atoms with E-state index in [1.165, 1.54) is 0 Å². The lowest BCUT2D eigenvalue weighted by Crippen LogP contribution is -2.42. The van der Waals surface area contributed by atoms with Crippen molar-refractivity contribution in [2.24, 2.45) is 11.7 Å². The number of aliphatic hydroxyl groups excluding tert-OH is 1. The molecule has 126 valence electrons. The number of aliphatic hydroxyl groups is 1. The lowest BCUT2D eigenvalue weighted by molar-refractivity contribution is -0.169. The maximum atomic E-state index is 12.0. The quantitative estimate of drug-likeness (QED) is 0.452. The van der Waals surface area contributed by atoms with E-state index >= 15 is 0 Å². The van der Waals surface area contributed by atoms with Crippen LogP contribution in [-0.4, -0.2) is 23.3 Å². The number of esters is 2. The molecule has 0 bridgehead atoms. The van der Waals surface area contributed by atoms with Gasteiger partial charge in [0.05, 0.1) is 0 Å². The summed E-state index contributed by atoms with van der Waals surface area (Å²) in [5.41, 5.74) is 6.85. The predicted octanol–water partition coefficient (Wildman–Crippen LogP) is 1.37. The molecule has 2 aromatic carbocycles. The monoisotopic (exact) mass is 329 g/mol. The van der Waals surface area contributed by atoms with E-state index < -0.39 is 24.1 Å². The van der Waals surface area contributed by atoms with Crippen molar-refractivity contribution in [3.63, 3.8) is 0 Å². The van der Waals surface area contributed by atoms with Crippen LogP contribution in [-0.2, 0) is 32.3 Å². The normalized spacial score (nSPS) is 11.8. The van der Waals surface area contributed by atoms with Gasteiger partial charge in [-0.15, -0.1) is 0 Å². The molecular formula is C18H19NO5. The summed E-state index contributed by atoms with van der Waals surface area (Å²) in [4.78, 5) is 24.1. The zero-order chi connectivity index (χ0) is 17.4. The van der Waals surface area contributed by atoms with Gasteiger partial charge in [0, 0.05) is 0 Å². The first-order chi connectivity index (χ1) is 11.6. The fraction of sp³-hybridized carbons (Fsp3) is 0.222. The molecule has 3 N–H and O–H groups in total. The Morgan fingerprint density at radius 3 is 1.54 bits per heavy atom. The molecule has 0 aliphatic heterocycles. The van der Waals surface area contributed by atoms with Crippen LogP contribution < -0.4 is 5.73 Å². The van der Waals surface area contributed by atoms with E-state index in [0.717, 1.165) is 11.1 Å². The van der Waals surface area contributed by atoms with Crippen molar-refractivity contribution in [1.82, 2.24) is 0 Å². The minimum absolute atomic E-state index is 0.0190. The van der Waals surface area contributed by atoms with Crippen molar-refractivity contribution < 1.29 is 24.2 Å². The largest absolute Gasteiger partial charge is 0.460 e. The van der Waals surface area contributed by atoms with Gasteiger partial charge in [-0.3, -0.25) is 9.59 Å². The van der Waals surface area contributed by atoms with Crippen molar-refractivity contribution in [2.75, 3.05) is 0 Å². The Kier molecular flexibility index (Phi) is 6.48. The lowest BCUT2D eigenvalue weighted by atomic mass is 10.1. The predicted molar refractivity (Wildman–Crippen MR) is 86.2 cm³/mol. The zero-order valence-corrected chi connectivity index (χ0v) is 13.0. The second-order valence-electron chi connectivity index (χ2n) is 5.15. The van der Waals surface area contributed by atoms with Crippen molar-refractivity contribution in [1.29, 1.82) is 0 Å². The third kappa shape index (κ3) is 5.19. The Morgan fingerprint density at radius 1 is 0.833 bits per heavy atom. The number of carbonyl (C=O) groups excluding carboxylic acids is 2. The molecule has 2 rings (SSSR count). The topological polar surface area (TPSA) is 98.9 Å². The highest BCUT2D eigenvalue weighted by Gasteiger charge is 2.35.